The molecule has 0 spiro atoms. The maximum atomic E-state index is 6.54. The summed E-state index contributed by atoms with van der Waals surface area (Å²) in [6, 6.07) is 13.8. The average molecular weight is 390 g/mol. The van der Waals surface area contributed by atoms with Gasteiger partial charge in [0.05, 0.1) is 11.6 Å². The number of hydrogen-bond acceptors (Lipinski definition) is 3. The number of benzene rings is 2. The summed E-state index contributed by atoms with van der Waals surface area (Å²) in [5.74, 6) is 1.22. The molecule has 2 aromatic carbocycles. The minimum absolute atomic E-state index is 0.441. The van der Waals surface area contributed by atoms with E-state index in [4.69, 9.17) is 33.3 Å². The van der Waals surface area contributed by atoms with Crippen molar-refractivity contribution in [2.24, 2.45) is 0 Å². The van der Waals surface area contributed by atoms with Crippen LogP contribution in [-0.2, 0) is 6.61 Å². The molecule has 2 aromatic rings. The van der Waals surface area contributed by atoms with E-state index in [2.05, 4.69) is 4.90 Å². The SMILES string of the molecule is CCOc1cc(C(=S)N2CCCCC2)cc(Cl)c1OCc1ccccc1. The summed E-state index contributed by atoms with van der Waals surface area (Å²) >= 11 is 12.2. The van der Waals surface area contributed by atoms with Crippen LogP contribution in [0.2, 0.25) is 5.02 Å². The van der Waals surface area contributed by atoms with E-state index < -0.39 is 0 Å². The van der Waals surface area contributed by atoms with Crippen molar-refractivity contribution in [2.75, 3.05) is 19.7 Å². The summed E-state index contributed by atoms with van der Waals surface area (Å²) in [6.45, 7) is 4.94. The Morgan fingerprint density at radius 1 is 1.08 bits per heavy atom. The van der Waals surface area contributed by atoms with Gasteiger partial charge in [-0.3, -0.25) is 0 Å². The van der Waals surface area contributed by atoms with Crippen molar-refractivity contribution in [3.05, 3.63) is 58.6 Å². The van der Waals surface area contributed by atoms with Gasteiger partial charge in [0.15, 0.2) is 11.5 Å². The number of likely N-dealkylation sites (tertiary alicyclic amines) is 1. The van der Waals surface area contributed by atoms with Crippen LogP contribution in [0.1, 0.15) is 37.3 Å². The molecule has 0 aromatic heterocycles. The van der Waals surface area contributed by atoms with Gasteiger partial charge in [0.25, 0.3) is 0 Å². The molecule has 138 valence electrons. The van der Waals surface area contributed by atoms with Gasteiger partial charge in [0.1, 0.15) is 11.6 Å². The molecule has 3 nitrogen and oxygen atoms in total. The summed E-state index contributed by atoms with van der Waals surface area (Å²) in [5, 5.41) is 0.529. The Labute approximate surface area is 165 Å². The van der Waals surface area contributed by atoms with E-state index in [0.717, 1.165) is 29.2 Å². The van der Waals surface area contributed by atoms with Crippen molar-refractivity contribution in [3.63, 3.8) is 0 Å². The molecule has 0 aliphatic carbocycles. The van der Waals surface area contributed by atoms with Crippen LogP contribution in [0.5, 0.6) is 11.5 Å². The Balaban J connectivity index is 1.81. The molecule has 0 unspecified atom stereocenters. The molecule has 0 saturated carbocycles. The molecule has 0 amide bonds. The van der Waals surface area contributed by atoms with Crippen molar-refractivity contribution >= 4 is 28.8 Å². The van der Waals surface area contributed by atoms with Crippen LogP contribution in [-0.4, -0.2) is 29.6 Å². The van der Waals surface area contributed by atoms with Gasteiger partial charge in [-0.05, 0) is 43.9 Å². The molecule has 1 heterocycles. The molecule has 0 bridgehead atoms. The fourth-order valence-electron chi connectivity index (χ4n) is 3.10. The molecule has 1 aliphatic heterocycles. The van der Waals surface area contributed by atoms with E-state index in [9.17, 15) is 0 Å². The fourth-order valence-corrected chi connectivity index (χ4v) is 3.67. The molecule has 1 fully saturated rings. The maximum absolute atomic E-state index is 6.54. The van der Waals surface area contributed by atoms with E-state index >= 15 is 0 Å². The summed E-state index contributed by atoms with van der Waals surface area (Å²) in [6.07, 6.45) is 3.64. The van der Waals surface area contributed by atoms with Crippen LogP contribution in [0.3, 0.4) is 0 Å². The van der Waals surface area contributed by atoms with Crippen LogP contribution in [0, 0.1) is 0 Å². The maximum Gasteiger partial charge on any atom is 0.180 e. The highest BCUT2D eigenvalue weighted by Gasteiger charge is 2.19. The molecule has 1 aliphatic rings. The topological polar surface area (TPSA) is 21.7 Å². The van der Waals surface area contributed by atoms with Gasteiger partial charge in [-0.25, -0.2) is 0 Å². The van der Waals surface area contributed by atoms with Crippen molar-refractivity contribution in [3.8, 4) is 11.5 Å². The van der Waals surface area contributed by atoms with Crippen LogP contribution in [0.15, 0.2) is 42.5 Å². The predicted octanol–water partition coefficient (Wildman–Crippen LogP) is 5.48. The Bertz CT molecular complexity index is 745. The van der Waals surface area contributed by atoms with Gasteiger partial charge in [-0.1, -0.05) is 54.2 Å². The molecule has 0 atom stereocenters. The van der Waals surface area contributed by atoms with Gasteiger partial charge in [0, 0.05) is 18.7 Å². The number of ether oxygens (including phenoxy) is 2. The lowest BCUT2D eigenvalue weighted by atomic mass is 10.1. The molecule has 3 rings (SSSR count). The smallest absolute Gasteiger partial charge is 0.180 e. The number of thiocarbonyl (C=S) groups is 1. The number of rotatable bonds is 6. The lowest BCUT2D eigenvalue weighted by molar-refractivity contribution is 0.269. The number of halogens is 1. The summed E-state index contributed by atoms with van der Waals surface area (Å²) in [4.78, 5) is 3.09. The third-order valence-electron chi connectivity index (χ3n) is 4.43. The Morgan fingerprint density at radius 3 is 2.50 bits per heavy atom. The second-order valence-electron chi connectivity index (χ2n) is 6.35. The van der Waals surface area contributed by atoms with Crippen molar-refractivity contribution in [2.45, 2.75) is 32.8 Å². The van der Waals surface area contributed by atoms with Crippen LogP contribution < -0.4 is 9.47 Å². The predicted molar refractivity (Wildman–Crippen MR) is 111 cm³/mol. The Morgan fingerprint density at radius 2 is 1.81 bits per heavy atom. The number of hydrogen-bond donors (Lipinski definition) is 0. The molecule has 26 heavy (non-hydrogen) atoms. The molecule has 5 heteroatoms. The zero-order valence-corrected chi connectivity index (χ0v) is 16.6. The fraction of sp³-hybridized carbons (Fsp3) is 0.381. The first-order valence-electron chi connectivity index (χ1n) is 9.11. The van der Waals surface area contributed by atoms with Crippen molar-refractivity contribution in [1.82, 2.24) is 4.90 Å². The molecule has 0 N–H and O–H groups in total. The van der Waals surface area contributed by atoms with E-state index in [-0.39, 0.29) is 0 Å². The summed E-state index contributed by atoms with van der Waals surface area (Å²) in [7, 11) is 0. The molecular weight excluding hydrogens is 366 g/mol. The highest BCUT2D eigenvalue weighted by molar-refractivity contribution is 7.80. The number of piperidine rings is 1. The standard InChI is InChI=1S/C21H24ClNO2S/c1-2-24-19-14-17(21(26)23-11-7-4-8-12-23)13-18(22)20(19)25-15-16-9-5-3-6-10-16/h3,5-6,9-10,13-14H,2,4,7-8,11-12,15H2,1H3. The van der Waals surface area contributed by atoms with E-state index in [1.165, 1.54) is 19.3 Å². The second-order valence-corrected chi connectivity index (χ2v) is 7.14. The highest BCUT2D eigenvalue weighted by Crippen LogP contribution is 2.38. The van der Waals surface area contributed by atoms with Crippen LogP contribution in [0.4, 0.5) is 0 Å². The monoisotopic (exact) mass is 389 g/mol. The lowest BCUT2D eigenvalue weighted by Gasteiger charge is -2.29. The van der Waals surface area contributed by atoms with Gasteiger partial charge in [-0.2, -0.15) is 0 Å². The highest BCUT2D eigenvalue weighted by atomic mass is 35.5. The van der Waals surface area contributed by atoms with Gasteiger partial charge in [-0.15, -0.1) is 0 Å². The summed E-state index contributed by atoms with van der Waals surface area (Å²) in [5.41, 5.74) is 2.00. The zero-order chi connectivity index (χ0) is 18.4. The Kier molecular flexibility index (Phi) is 6.75. The summed E-state index contributed by atoms with van der Waals surface area (Å²) < 4.78 is 11.8. The minimum atomic E-state index is 0.441. The first-order chi connectivity index (χ1) is 12.7. The third kappa shape index (κ3) is 4.68. The largest absolute Gasteiger partial charge is 0.490 e. The average Bonchev–Trinajstić information content (AvgIpc) is 2.68. The quantitative estimate of drug-likeness (QED) is 0.610. The third-order valence-corrected chi connectivity index (χ3v) is 5.20. The molecule has 0 radical (unpaired) electrons. The van der Waals surface area contributed by atoms with E-state index in [0.29, 0.717) is 29.7 Å². The van der Waals surface area contributed by atoms with Crippen LogP contribution in [0.25, 0.3) is 0 Å². The first-order valence-corrected chi connectivity index (χ1v) is 9.90. The number of nitrogens with zero attached hydrogens (tertiary/aromatic N) is 1. The molecular formula is C21H24ClNO2S. The second kappa shape index (κ2) is 9.24. The normalized spacial score (nSPS) is 14.2. The van der Waals surface area contributed by atoms with E-state index in [1.54, 1.807) is 0 Å². The van der Waals surface area contributed by atoms with Crippen molar-refractivity contribution in [1.29, 1.82) is 0 Å². The zero-order valence-electron chi connectivity index (χ0n) is 15.0. The van der Waals surface area contributed by atoms with Gasteiger partial charge >= 0.3 is 0 Å². The van der Waals surface area contributed by atoms with E-state index in [1.807, 2.05) is 49.4 Å². The van der Waals surface area contributed by atoms with Crippen LogP contribution >= 0.6 is 23.8 Å². The Hall–Kier alpha value is -1.78. The van der Waals surface area contributed by atoms with Gasteiger partial charge in [0.2, 0.25) is 0 Å². The first kappa shape index (κ1) is 19.0. The lowest BCUT2D eigenvalue weighted by Crippen LogP contribution is -2.34. The van der Waals surface area contributed by atoms with Crippen molar-refractivity contribution < 1.29 is 9.47 Å². The van der Waals surface area contributed by atoms with Gasteiger partial charge < -0.3 is 14.4 Å². The minimum Gasteiger partial charge on any atom is -0.490 e. The molecule has 1 saturated heterocycles.